The van der Waals surface area contributed by atoms with Crippen LogP contribution >= 0.6 is 0 Å². The average Bonchev–Trinajstić information content (AvgIpc) is 2.83. The van der Waals surface area contributed by atoms with Crippen LogP contribution < -0.4 is 19.1 Å². The maximum absolute atomic E-state index is 13.5. The van der Waals surface area contributed by atoms with E-state index in [2.05, 4.69) is 5.32 Å². The molecule has 3 aromatic carbocycles. The summed E-state index contributed by atoms with van der Waals surface area (Å²) < 4.78 is 38.1. The second-order valence-electron chi connectivity index (χ2n) is 6.69. The average molecular weight is 471 g/mol. The third-order valence-electron chi connectivity index (χ3n) is 4.64. The van der Waals surface area contributed by atoms with E-state index in [4.69, 9.17) is 9.47 Å². The summed E-state index contributed by atoms with van der Waals surface area (Å²) in [5.74, 6) is 0.148. The molecule has 3 aromatic rings. The molecule has 0 saturated carbocycles. The lowest BCUT2D eigenvalue weighted by atomic mass is 10.2. The second kappa shape index (κ2) is 10.0. The van der Waals surface area contributed by atoms with E-state index >= 15 is 0 Å². The number of nitro groups is 1. The molecular formula is C22H21N3O7S. The van der Waals surface area contributed by atoms with Gasteiger partial charge in [0.2, 0.25) is 5.91 Å². The van der Waals surface area contributed by atoms with Gasteiger partial charge in [0.15, 0.2) is 4.90 Å². The molecule has 0 unspecified atom stereocenters. The summed E-state index contributed by atoms with van der Waals surface area (Å²) in [6.45, 7) is -0.631. The molecule has 11 heteroatoms. The predicted molar refractivity (Wildman–Crippen MR) is 122 cm³/mol. The Morgan fingerprint density at radius 2 is 1.67 bits per heavy atom. The van der Waals surface area contributed by atoms with E-state index < -0.39 is 38.0 Å². The number of amides is 1. The molecule has 1 amide bonds. The Hall–Kier alpha value is -4.12. The molecule has 0 atom stereocenters. The fourth-order valence-electron chi connectivity index (χ4n) is 3.08. The summed E-state index contributed by atoms with van der Waals surface area (Å²) in [6, 6.07) is 17.6. The van der Waals surface area contributed by atoms with E-state index in [-0.39, 0.29) is 5.69 Å². The number of sulfonamides is 1. The molecule has 0 radical (unpaired) electrons. The maximum Gasteiger partial charge on any atom is 0.289 e. The normalized spacial score (nSPS) is 10.8. The minimum atomic E-state index is -4.46. The highest BCUT2D eigenvalue weighted by molar-refractivity contribution is 7.93. The summed E-state index contributed by atoms with van der Waals surface area (Å²) in [6.07, 6.45) is 0. The molecule has 0 saturated heterocycles. The molecule has 0 bridgehead atoms. The Labute approximate surface area is 190 Å². The molecule has 1 N–H and O–H groups in total. The Morgan fingerprint density at radius 3 is 2.30 bits per heavy atom. The minimum Gasteiger partial charge on any atom is -0.497 e. The number of carbonyl (C=O) groups excluding carboxylic acids is 1. The lowest BCUT2D eigenvalue weighted by molar-refractivity contribution is -0.387. The number of rotatable bonds is 9. The van der Waals surface area contributed by atoms with Crippen molar-refractivity contribution >= 4 is 33.0 Å². The number of ether oxygens (including phenoxy) is 2. The topological polar surface area (TPSA) is 128 Å². The van der Waals surface area contributed by atoms with Crippen molar-refractivity contribution in [2.24, 2.45) is 0 Å². The van der Waals surface area contributed by atoms with Gasteiger partial charge in [0.1, 0.15) is 18.0 Å². The van der Waals surface area contributed by atoms with Crippen LogP contribution in [0.1, 0.15) is 0 Å². The van der Waals surface area contributed by atoms with Crippen LogP contribution in [0.4, 0.5) is 17.1 Å². The first-order valence-corrected chi connectivity index (χ1v) is 11.0. The van der Waals surface area contributed by atoms with Crippen molar-refractivity contribution in [3.05, 3.63) is 82.9 Å². The van der Waals surface area contributed by atoms with Gasteiger partial charge in [-0.2, -0.15) is 0 Å². The van der Waals surface area contributed by atoms with Gasteiger partial charge in [0, 0.05) is 12.1 Å². The number of benzene rings is 3. The fraction of sp³-hybridized carbons (Fsp3) is 0.136. The van der Waals surface area contributed by atoms with Gasteiger partial charge in [-0.25, -0.2) is 8.42 Å². The van der Waals surface area contributed by atoms with E-state index in [9.17, 15) is 23.3 Å². The number of nitrogens with zero attached hydrogens (tertiary/aromatic N) is 2. The van der Waals surface area contributed by atoms with Gasteiger partial charge in [-0.15, -0.1) is 0 Å². The predicted octanol–water partition coefficient (Wildman–Crippen LogP) is 3.45. The molecule has 33 heavy (non-hydrogen) atoms. The summed E-state index contributed by atoms with van der Waals surface area (Å²) in [5, 5.41) is 14.0. The largest absolute Gasteiger partial charge is 0.497 e. The lowest BCUT2D eigenvalue weighted by Crippen LogP contribution is -2.38. The highest BCUT2D eigenvalue weighted by Crippen LogP contribution is 2.31. The van der Waals surface area contributed by atoms with E-state index in [0.29, 0.717) is 17.2 Å². The highest BCUT2D eigenvalue weighted by Gasteiger charge is 2.33. The Bertz CT molecular complexity index is 1260. The zero-order valence-electron chi connectivity index (χ0n) is 17.8. The first-order valence-electron chi connectivity index (χ1n) is 9.61. The first kappa shape index (κ1) is 23.5. The van der Waals surface area contributed by atoms with Crippen LogP contribution in [0.15, 0.2) is 77.7 Å². The number of methoxy groups -OCH3 is 2. The molecule has 0 aliphatic carbocycles. The number of nitro benzene ring substituents is 1. The van der Waals surface area contributed by atoms with Gasteiger partial charge in [0.05, 0.1) is 30.5 Å². The summed E-state index contributed by atoms with van der Waals surface area (Å²) in [7, 11) is -1.56. The van der Waals surface area contributed by atoms with Crippen molar-refractivity contribution in [1.82, 2.24) is 0 Å². The molecule has 0 aliphatic rings. The second-order valence-corrected chi connectivity index (χ2v) is 8.52. The van der Waals surface area contributed by atoms with Crippen molar-refractivity contribution in [2.75, 3.05) is 30.4 Å². The Morgan fingerprint density at radius 1 is 1.00 bits per heavy atom. The van der Waals surface area contributed by atoms with Crippen LogP contribution in [0.25, 0.3) is 0 Å². The van der Waals surface area contributed by atoms with Crippen molar-refractivity contribution in [1.29, 1.82) is 0 Å². The molecule has 0 heterocycles. The quantitative estimate of drug-likeness (QED) is 0.374. The molecular weight excluding hydrogens is 450 g/mol. The Balaban J connectivity index is 1.98. The number of anilines is 2. The fourth-order valence-corrected chi connectivity index (χ4v) is 4.66. The SMILES string of the molecule is COc1ccc(NC(=O)CN(c2ccccc2)S(=O)(=O)c2ccccc2[N+](=O)[O-])c(OC)c1. The monoisotopic (exact) mass is 471 g/mol. The van der Waals surface area contributed by atoms with Gasteiger partial charge in [-0.3, -0.25) is 19.2 Å². The van der Waals surface area contributed by atoms with E-state index in [1.54, 1.807) is 36.4 Å². The van der Waals surface area contributed by atoms with Gasteiger partial charge >= 0.3 is 0 Å². The molecule has 0 aromatic heterocycles. The number of hydrogen-bond donors (Lipinski definition) is 1. The third-order valence-corrected chi connectivity index (χ3v) is 6.47. The zero-order valence-corrected chi connectivity index (χ0v) is 18.6. The molecule has 3 rings (SSSR count). The van der Waals surface area contributed by atoms with Gasteiger partial charge < -0.3 is 14.8 Å². The standard InChI is InChI=1S/C22H21N3O7S/c1-31-17-12-13-18(20(14-17)32-2)23-22(26)15-24(16-8-4-3-5-9-16)33(29,30)21-11-7-6-10-19(21)25(27)28/h3-14H,15H2,1-2H3,(H,23,26). The van der Waals surface area contributed by atoms with E-state index in [1.807, 2.05) is 0 Å². The molecule has 10 nitrogen and oxygen atoms in total. The number of hydrogen-bond acceptors (Lipinski definition) is 7. The van der Waals surface area contributed by atoms with Gasteiger partial charge in [0.25, 0.3) is 15.7 Å². The first-order chi connectivity index (χ1) is 15.8. The van der Waals surface area contributed by atoms with Gasteiger partial charge in [-0.1, -0.05) is 30.3 Å². The third kappa shape index (κ3) is 5.21. The van der Waals surface area contributed by atoms with E-state index in [0.717, 1.165) is 16.4 Å². The van der Waals surface area contributed by atoms with Crippen LogP contribution in [0.3, 0.4) is 0 Å². The summed E-state index contributed by atoms with van der Waals surface area (Å²) in [4.78, 5) is 23.0. The van der Waals surface area contributed by atoms with Crippen molar-refractivity contribution < 1.29 is 27.6 Å². The van der Waals surface area contributed by atoms with Crippen molar-refractivity contribution in [3.8, 4) is 11.5 Å². The zero-order chi connectivity index (χ0) is 24.0. The molecule has 0 aliphatic heterocycles. The molecule has 0 fully saturated rings. The van der Waals surface area contributed by atoms with Crippen molar-refractivity contribution in [2.45, 2.75) is 4.90 Å². The van der Waals surface area contributed by atoms with Gasteiger partial charge in [-0.05, 0) is 30.3 Å². The number of carbonyl (C=O) groups is 1. The Kier molecular flexibility index (Phi) is 7.13. The van der Waals surface area contributed by atoms with Crippen LogP contribution in [0.5, 0.6) is 11.5 Å². The summed E-state index contributed by atoms with van der Waals surface area (Å²) in [5.41, 5.74) is -0.109. The smallest absolute Gasteiger partial charge is 0.289 e. The van der Waals surface area contributed by atoms with Crippen molar-refractivity contribution in [3.63, 3.8) is 0 Å². The lowest BCUT2D eigenvalue weighted by Gasteiger charge is -2.24. The highest BCUT2D eigenvalue weighted by atomic mass is 32.2. The van der Waals surface area contributed by atoms with Crippen LogP contribution in [0.2, 0.25) is 0 Å². The maximum atomic E-state index is 13.5. The molecule has 172 valence electrons. The number of nitrogens with one attached hydrogen (secondary N) is 1. The van der Waals surface area contributed by atoms with Crippen LogP contribution in [0, 0.1) is 10.1 Å². The van der Waals surface area contributed by atoms with Crippen LogP contribution in [-0.4, -0.2) is 40.0 Å². The number of para-hydroxylation sites is 2. The summed E-state index contributed by atoms with van der Waals surface area (Å²) >= 11 is 0. The van der Waals surface area contributed by atoms with E-state index in [1.165, 1.54) is 38.5 Å². The van der Waals surface area contributed by atoms with Crippen LogP contribution in [-0.2, 0) is 14.8 Å². The minimum absolute atomic E-state index is 0.174. The molecule has 0 spiro atoms.